The van der Waals surface area contributed by atoms with Crippen LogP contribution in [-0.4, -0.2) is 75.5 Å². The standard InChI is InChI=1S/C53H87NO7/c1-6-8-10-12-14-16-18-20-22-24-26-28-30-32-34-36-38-40-42-44-52(56)61-49(47-59-46-45-50(53(57)58)54(3,4)5)48-60-51(55)43-41-39-37-35-33-31-29-27-25-23-21-19-17-15-13-11-9-7-2/h8,10,14-17,19-23,25-29,49-50H,6-7,9,11-13,18,24,30-48H2,1-5H3/b10-8+,16-14+,17-15+,21-19+,22-20+,25-23+,28-26+,29-27+. The van der Waals surface area contributed by atoms with Gasteiger partial charge in [0.05, 0.1) is 40.3 Å². The van der Waals surface area contributed by atoms with E-state index in [1.54, 1.807) is 21.1 Å². The Morgan fingerprint density at radius 3 is 1.51 bits per heavy atom. The molecule has 8 nitrogen and oxygen atoms in total. The molecule has 0 aliphatic rings. The number of quaternary nitrogens is 1. The lowest BCUT2D eigenvalue weighted by atomic mass is 10.1. The van der Waals surface area contributed by atoms with E-state index in [1.165, 1.54) is 32.1 Å². The van der Waals surface area contributed by atoms with Crippen molar-refractivity contribution in [1.82, 2.24) is 0 Å². The van der Waals surface area contributed by atoms with Gasteiger partial charge in [-0.3, -0.25) is 9.59 Å². The molecule has 0 saturated carbocycles. The average molecular weight is 850 g/mol. The Morgan fingerprint density at radius 2 is 0.984 bits per heavy atom. The molecule has 0 aliphatic heterocycles. The van der Waals surface area contributed by atoms with Crippen LogP contribution in [-0.2, 0) is 28.6 Å². The molecule has 8 heteroatoms. The Kier molecular flexibility index (Phi) is 40.3. The third kappa shape index (κ3) is 41.4. The smallest absolute Gasteiger partial charge is 0.306 e. The first kappa shape index (κ1) is 57.2. The molecule has 2 atom stereocenters. The maximum absolute atomic E-state index is 12.8. The number of carbonyl (C=O) groups excluding carboxylic acids is 3. The predicted molar refractivity (Wildman–Crippen MR) is 254 cm³/mol. The minimum Gasteiger partial charge on any atom is -0.544 e. The molecule has 0 bridgehead atoms. The Hall–Kier alpha value is -3.75. The van der Waals surface area contributed by atoms with Gasteiger partial charge in [0.2, 0.25) is 0 Å². The first-order valence-electron chi connectivity index (χ1n) is 23.8. The van der Waals surface area contributed by atoms with E-state index in [-0.39, 0.29) is 42.7 Å². The zero-order chi connectivity index (χ0) is 44.9. The van der Waals surface area contributed by atoms with Gasteiger partial charge in [-0.05, 0) is 77.0 Å². The molecule has 2 unspecified atom stereocenters. The van der Waals surface area contributed by atoms with Crippen molar-refractivity contribution in [2.45, 2.75) is 180 Å². The molecular weight excluding hydrogens is 763 g/mol. The average Bonchev–Trinajstić information content (AvgIpc) is 3.22. The monoisotopic (exact) mass is 850 g/mol. The lowest BCUT2D eigenvalue weighted by Crippen LogP contribution is -2.55. The van der Waals surface area contributed by atoms with Crippen molar-refractivity contribution in [1.29, 1.82) is 0 Å². The molecule has 0 N–H and O–H groups in total. The van der Waals surface area contributed by atoms with Gasteiger partial charge in [0.15, 0.2) is 6.10 Å². The number of ether oxygens (including phenoxy) is 3. The summed E-state index contributed by atoms with van der Waals surface area (Å²) < 4.78 is 17.2. The molecule has 346 valence electrons. The normalized spacial score (nSPS) is 13.8. The zero-order valence-corrected chi connectivity index (χ0v) is 39.3. The number of carboxylic acids is 1. The molecule has 0 rings (SSSR count). The second-order valence-electron chi connectivity index (χ2n) is 16.7. The minimum absolute atomic E-state index is 0.0205. The second-order valence-corrected chi connectivity index (χ2v) is 16.7. The van der Waals surface area contributed by atoms with E-state index in [4.69, 9.17) is 14.2 Å². The van der Waals surface area contributed by atoms with Crippen LogP contribution in [0.15, 0.2) is 97.2 Å². The zero-order valence-electron chi connectivity index (χ0n) is 39.3. The highest BCUT2D eigenvalue weighted by Gasteiger charge is 2.25. The molecule has 0 radical (unpaired) electrons. The van der Waals surface area contributed by atoms with Crippen LogP contribution in [0.2, 0.25) is 0 Å². The van der Waals surface area contributed by atoms with Gasteiger partial charge < -0.3 is 28.6 Å². The van der Waals surface area contributed by atoms with Gasteiger partial charge in [0.25, 0.3) is 0 Å². The molecule has 0 aromatic heterocycles. The lowest BCUT2D eigenvalue weighted by Gasteiger charge is -2.34. The van der Waals surface area contributed by atoms with Crippen molar-refractivity contribution in [3.63, 3.8) is 0 Å². The minimum atomic E-state index is -1.14. The van der Waals surface area contributed by atoms with Gasteiger partial charge in [-0.15, -0.1) is 0 Å². The summed E-state index contributed by atoms with van der Waals surface area (Å²) in [4.78, 5) is 37.0. The summed E-state index contributed by atoms with van der Waals surface area (Å²) >= 11 is 0. The molecule has 61 heavy (non-hydrogen) atoms. The Balaban J connectivity index is 4.41. The maximum Gasteiger partial charge on any atom is 0.306 e. The summed E-state index contributed by atoms with van der Waals surface area (Å²) in [6, 6.07) is -0.739. The van der Waals surface area contributed by atoms with E-state index in [9.17, 15) is 19.5 Å². The lowest BCUT2D eigenvalue weighted by molar-refractivity contribution is -0.889. The van der Waals surface area contributed by atoms with Crippen molar-refractivity contribution in [3.8, 4) is 0 Å². The fourth-order valence-electron chi connectivity index (χ4n) is 6.37. The summed E-state index contributed by atoms with van der Waals surface area (Å²) in [5.41, 5.74) is 0. The highest BCUT2D eigenvalue weighted by atomic mass is 16.6. The van der Waals surface area contributed by atoms with Crippen LogP contribution >= 0.6 is 0 Å². The Labute approximate surface area is 373 Å². The number of carbonyl (C=O) groups is 3. The summed E-state index contributed by atoms with van der Waals surface area (Å²) in [5, 5.41) is 11.6. The highest BCUT2D eigenvalue weighted by Crippen LogP contribution is 2.13. The molecule has 0 aromatic carbocycles. The molecule has 0 aliphatic carbocycles. The van der Waals surface area contributed by atoms with Crippen molar-refractivity contribution in [3.05, 3.63) is 97.2 Å². The third-order valence-corrected chi connectivity index (χ3v) is 10.0. The molecule has 0 saturated heterocycles. The van der Waals surface area contributed by atoms with Crippen molar-refractivity contribution < 1.29 is 38.2 Å². The van der Waals surface area contributed by atoms with Gasteiger partial charge in [0.1, 0.15) is 12.6 Å². The van der Waals surface area contributed by atoms with Gasteiger partial charge in [-0.1, -0.05) is 169 Å². The van der Waals surface area contributed by atoms with Gasteiger partial charge in [0, 0.05) is 19.3 Å². The number of hydrogen-bond acceptors (Lipinski definition) is 7. The number of likely N-dealkylation sites (N-methyl/N-ethyl adjacent to an activating group) is 1. The molecular formula is C53H87NO7. The van der Waals surface area contributed by atoms with E-state index in [2.05, 4.69) is 105 Å². The highest BCUT2D eigenvalue weighted by molar-refractivity contribution is 5.70. The van der Waals surface area contributed by atoms with Crippen molar-refractivity contribution in [2.75, 3.05) is 41.0 Å². The molecule has 0 aromatic rings. The van der Waals surface area contributed by atoms with E-state index < -0.39 is 18.1 Å². The number of nitrogens with zero attached hydrogens (tertiary/aromatic N) is 1. The molecule has 0 fully saturated rings. The summed E-state index contributed by atoms with van der Waals surface area (Å²) in [6.07, 6.45) is 57.1. The number of aliphatic carboxylic acids is 1. The SMILES string of the molecule is CC/C=C/C/C=C/C/C=C/C/C=C/CCCCCCCCC(=O)OC(COCCC(C(=O)[O-])[N+](C)(C)C)COC(=O)CCCCCCC/C=C/C=C/C=C/C=C/CCCCC. The van der Waals surface area contributed by atoms with Gasteiger partial charge in [-0.25, -0.2) is 0 Å². The van der Waals surface area contributed by atoms with Crippen molar-refractivity contribution in [2.24, 2.45) is 0 Å². The van der Waals surface area contributed by atoms with E-state index in [0.29, 0.717) is 12.8 Å². The summed E-state index contributed by atoms with van der Waals surface area (Å²) in [5.74, 6) is -1.80. The molecule has 0 heterocycles. The third-order valence-electron chi connectivity index (χ3n) is 10.0. The van der Waals surface area contributed by atoms with Crippen LogP contribution in [0.3, 0.4) is 0 Å². The van der Waals surface area contributed by atoms with E-state index >= 15 is 0 Å². The first-order chi connectivity index (χ1) is 29.6. The van der Waals surface area contributed by atoms with Crippen molar-refractivity contribution >= 4 is 17.9 Å². The number of allylic oxidation sites excluding steroid dienone is 16. The topological polar surface area (TPSA) is 102 Å². The second kappa shape index (κ2) is 42.9. The van der Waals surface area contributed by atoms with Gasteiger partial charge in [-0.2, -0.15) is 0 Å². The van der Waals surface area contributed by atoms with Gasteiger partial charge >= 0.3 is 11.9 Å². The van der Waals surface area contributed by atoms with E-state index in [0.717, 1.165) is 103 Å². The van der Waals surface area contributed by atoms with Crippen LogP contribution in [0, 0.1) is 0 Å². The molecule has 0 amide bonds. The van der Waals surface area contributed by atoms with Crippen LogP contribution in [0.5, 0.6) is 0 Å². The Morgan fingerprint density at radius 1 is 0.525 bits per heavy atom. The Bertz CT molecular complexity index is 1310. The molecule has 0 spiro atoms. The fourth-order valence-corrected chi connectivity index (χ4v) is 6.37. The predicted octanol–water partition coefficient (Wildman–Crippen LogP) is 12.1. The number of carboxylic acid groups (broad SMARTS) is 1. The largest absolute Gasteiger partial charge is 0.544 e. The summed E-state index contributed by atoms with van der Waals surface area (Å²) in [6.45, 7) is 4.46. The first-order valence-corrected chi connectivity index (χ1v) is 23.8. The van der Waals surface area contributed by atoms with Crippen LogP contribution in [0.4, 0.5) is 0 Å². The summed E-state index contributed by atoms with van der Waals surface area (Å²) in [7, 11) is 5.39. The maximum atomic E-state index is 12.8. The van der Waals surface area contributed by atoms with Crippen LogP contribution in [0.25, 0.3) is 0 Å². The number of hydrogen-bond donors (Lipinski definition) is 0. The van der Waals surface area contributed by atoms with E-state index in [1.807, 2.05) is 6.08 Å². The number of rotatable bonds is 41. The number of esters is 2. The quantitative estimate of drug-likeness (QED) is 0.0198. The van der Waals surface area contributed by atoms with Crippen LogP contribution in [0.1, 0.15) is 168 Å². The number of unbranched alkanes of at least 4 members (excludes halogenated alkanes) is 14. The fraction of sp³-hybridized carbons (Fsp3) is 0.642. The van der Waals surface area contributed by atoms with Crippen LogP contribution < -0.4 is 5.11 Å².